The molecule has 2 aromatic rings. The van der Waals surface area contributed by atoms with E-state index in [1.165, 1.54) is 16.7 Å². The van der Waals surface area contributed by atoms with Crippen LogP contribution in [0, 0.1) is 0 Å². The molecule has 0 bridgehead atoms. The standard InChI is InChI=1S/C16H18N2OS.CH2O2/c1-17-9-13-4-3-12(7-15(13)10-17)8-18(2)16(19)14-5-6-20-11-14;2-1-3/h3-7,11H,8-10H2,1-2H3;1H,(H,2,3). The monoisotopic (exact) mass is 332 g/mol. The molecule has 1 aliphatic heterocycles. The molecule has 1 aromatic heterocycles. The minimum absolute atomic E-state index is 0.0869. The molecule has 23 heavy (non-hydrogen) atoms. The van der Waals surface area contributed by atoms with Crippen molar-refractivity contribution in [2.75, 3.05) is 14.1 Å². The number of fused-ring (bicyclic) bond motifs is 1. The summed E-state index contributed by atoms with van der Waals surface area (Å²) < 4.78 is 0. The van der Waals surface area contributed by atoms with Crippen LogP contribution in [0.15, 0.2) is 35.0 Å². The van der Waals surface area contributed by atoms with Crippen LogP contribution in [0.1, 0.15) is 27.0 Å². The average Bonchev–Trinajstić information content (AvgIpc) is 3.15. The summed E-state index contributed by atoms with van der Waals surface area (Å²) in [4.78, 5) is 24.7. The molecule has 1 amide bonds. The van der Waals surface area contributed by atoms with Gasteiger partial charge in [0.2, 0.25) is 0 Å². The van der Waals surface area contributed by atoms with E-state index in [1.807, 2.05) is 23.9 Å². The van der Waals surface area contributed by atoms with E-state index in [-0.39, 0.29) is 12.4 Å². The number of thiophene rings is 1. The van der Waals surface area contributed by atoms with Gasteiger partial charge in [-0.2, -0.15) is 11.3 Å². The third-order valence-electron chi connectivity index (χ3n) is 3.69. The molecule has 1 aromatic carbocycles. The lowest BCUT2D eigenvalue weighted by Gasteiger charge is -2.17. The van der Waals surface area contributed by atoms with Gasteiger partial charge in [-0.1, -0.05) is 18.2 Å². The number of carbonyl (C=O) groups excluding carboxylic acids is 1. The van der Waals surface area contributed by atoms with E-state index in [0.29, 0.717) is 6.54 Å². The molecule has 0 spiro atoms. The Labute approximate surface area is 139 Å². The molecule has 122 valence electrons. The summed E-state index contributed by atoms with van der Waals surface area (Å²) in [6.07, 6.45) is 0. The van der Waals surface area contributed by atoms with Gasteiger partial charge in [-0.15, -0.1) is 0 Å². The van der Waals surface area contributed by atoms with E-state index in [1.54, 1.807) is 16.2 Å². The maximum Gasteiger partial charge on any atom is 0.290 e. The summed E-state index contributed by atoms with van der Waals surface area (Å²) in [6.45, 7) is 2.44. The summed E-state index contributed by atoms with van der Waals surface area (Å²) in [5.74, 6) is 0.0869. The van der Waals surface area contributed by atoms with Gasteiger partial charge >= 0.3 is 0 Å². The van der Waals surface area contributed by atoms with Gasteiger partial charge in [-0.3, -0.25) is 14.5 Å². The lowest BCUT2D eigenvalue weighted by molar-refractivity contribution is -0.122. The molecule has 0 aliphatic carbocycles. The highest BCUT2D eigenvalue weighted by Gasteiger charge is 2.17. The van der Waals surface area contributed by atoms with Gasteiger partial charge < -0.3 is 10.0 Å². The molecule has 0 saturated carbocycles. The van der Waals surface area contributed by atoms with Gasteiger partial charge in [0.05, 0.1) is 5.56 Å². The van der Waals surface area contributed by atoms with Crippen LogP contribution in [-0.4, -0.2) is 41.4 Å². The Morgan fingerprint density at radius 1 is 1.35 bits per heavy atom. The van der Waals surface area contributed by atoms with Gasteiger partial charge in [0.25, 0.3) is 12.4 Å². The SMILES string of the molecule is CN1Cc2ccc(CN(C)C(=O)c3ccsc3)cc2C1.O=CO. The van der Waals surface area contributed by atoms with Gasteiger partial charge in [-0.05, 0) is 35.2 Å². The zero-order valence-corrected chi connectivity index (χ0v) is 14.0. The Hall–Kier alpha value is -2.18. The second-order valence-corrected chi connectivity index (χ2v) is 6.33. The lowest BCUT2D eigenvalue weighted by Crippen LogP contribution is -2.25. The first-order chi connectivity index (χ1) is 11.0. The number of benzene rings is 1. The zero-order chi connectivity index (χ0) is 16.8. The molecule has 0 unspecified atom stereocenters. The molecule has 6 heteroatoms. The Morgan fingerprint density at radius 2 is 2.04 bits per heavy atom. The molecule has 1 aliphatic rings. The van der Waals surface area contributed by atoms with Crippen LogP contribution in [0.4, 0.5) is 0 Å². The van der Waals surface area contributed by atoms with E-state index in [2.05, 4.69) is 30.1 Å². The minimum Gasteiger partial charge on any atom is -0.483 e. The number of carboxylic acid groups (broad SMARTS) is 1. The Kier molecular flexibility index (Phi) is 5.90. The quantitative estimate of drug-likeness (QED) is 0.878. The van der Waals surface area contributed by atoms with E-state index in [9.17, 15) is 4.79 Å². The van der Waals surface area contributed by atoms with Crippen molar-refractivity contribution < 1.29 is 14.7 Å². The number of nitrogens with zero attached hydrogens (tertiary/aromatic N) is 2. The van der Waals surface area contributed by atoms with Crippen molar-refractivity contribution in [3.05, 3.63) is 57.3 Å². The predicted molar refractivity (Wildman–Crippen MR) is 90.4 cm³/mol. The van der Waals surface area contributed by atoms with Gasteiger partial charge in [0, 0.05) is 32.1 Å². The molecular weight excluding hydrogens is 312 g/mol. The summed E-state index contributed by atoms with van der Waals surface area (Å²) in [5, 5.41) is 10.7. The first kappa shape index (κ1) is 17.2. The Bertz CT molecular complexity index is 670. The predicted octanol–water partition coefficient (Wildman–Crippen LogP) is 2.67. The lowest BCUT2D eigenvalue weighted by atomic mass is 10.1. The van der Waals surface area contributed by atoms with Crippen molar-refractivity contribution in [3.8, 4) is 0 Å². The third kappa shape index (κ3) is 4.40. The van der Waals surface area contributed by atoms with Gasteiger partial charge in [0.1, 0.15) is 0 Å². The van der Waals surface area contributed by atoms with Crippen molar-refractivity contribution >= 4 is 23.7 Å². The van der Waals surface area contributed by atoms with Gasteiger partial charge in [0.15, 0.2) is 0 Å². The fourth-order valence-electron chi connectivity index (χ4n) is 2.67. The summed E-state index contributed by atoms with van der Waals surface area (Å²) >= 11 is 1.56. The molecule has 3 rings (SSSR count). The topological polar surface area (TPSA) is 60.9 Å². The third-order valence-corrected chi connectivity index (χ3v) is 4.37. The first-order valence-corrected chi connectivity index (χ1v) is 8.14. The minimum atomic E-state index is -0.250. The second kappa shape index (κ2) is 7.89. The highest BCUT2D eigenvalue weighted by molar-refractivity contribution is 7.08. The fourth-order valence-corrected chi connectivity index (χ4v) is 3.30. The van der Waals surface area contributed by atoms with Crippen LogP contribution in [-0.2, 0) is 24.4 Å². The summed E-state index contributed by atoms with van der Waals surface area (Å²) in [6, 6.07) is 8.43. The molecule has 1 N–H and O–H groups in total. The van der Waals surface area contributed by atoms with E-state index < -0.39 is 0 Å². The summed E-state index contributed by atoms with van der Waals surface area (Å²) in [5.41, 5.74) is 4.77. The molecular formula is C17H20N2O3S. The fraction of sp³-hybridized carbons (Fsp3) is 0.294. The highest BCUT2D eigenvalue weighted by atomic mass is 32.1. The number of amides is 1. The summed E-state index contributed by atoms with van der Waals surface area (Å²) in [7, 11) is 3.99. The van der Waals surface area contributed by atoms with E-state index >= 15 is 0 Å². The van der Waals surface area contributed by atoms with Crippen molar-refractivity contribution in [3.63, 3.8) is 0 Å². The van der Waals surface area contributed by atoms with Crippen molar-refractivity contribution in [2.45, 2.75) is 19.6 Å². The zero-order valence-electron chi connectivity index (χ0n) is 13.2. The number of rotatable bonds is 3. The molecule has 0 fully saturated rings. The highest BCUT2D eigenvalue weighted by Crippen LogP contribution is 2.23. The average molecular weight is 332 g/mol. The van der Waals surface area contributed by atoms with E-state index in [0.717, 1.165) is 18.7 Å². The van der Waals surface area contributed by atoms with Crippen LogP contribution in [0.5, 0.6) is 0 Å². The Morgan fingerprint density at radius 3 is 2.70 bits per heavy atom. The number of carbonyl (C=O) groups is 2. The maximum atomic E-state index is 12.2. The normalized spacial score (nSPS) is 13.0. The number of hydrogen-bond donors (Lipinski definition) is 1. The van der Waals surface area contributed by atoms with Crippen LogP contribution < -0.4 is 0 Å². The largest absolute Gasteiger partial charge is 0.483 e. The van der Waals surface area contributed by atoms with Crippen LogP contribution in [0.25, 0.3) is 0 Å². The van der Waals surface area contributed by atoms with Crippen LogP contribution in [0.2, 0.25) is 0 Å². The smallest absolute Gasteiger partial charge is 0.290 e. The molecule has 5 nitrogen and oxygen atoms in total. The van der Waals surface area contributed by atoms with Crippen molar-refractivity contribution in [2.24, 2.45) is 0 Å². The first-order valence-electron chi connectivity index (χ1n) is 7.20. The molecule has 0 radical (unpaired) electrons. The van der Waals surface area contributed by atoms with Crippen molar-refractivity contribution in [1.82, 2.24) is 9.80 Å². The maximum absolute atomic E-state index is 12.2. The van der Waals surface area contributed by atoms with Crippen LogP contribution in [0.3, 0.4) is 0 Å². The second-order valence-electron chi connectivity index (χ2n) is 5.55. The van der Waals surface area contributed by atoms with Crippen molar-refractivity contribution in [1.29, 1.82) is 0 Å². The molecule has 2 heterocycles. The van der Waals surface area contributed by atoms with Gasteiger partial charge in [-0.25, -0.2) is 0 Å². The molecule has 0 atom stereocenters. The number of hydrogen-bond acceptors (Lipinski definition) is 4. The molecule has 0 saturated heterocycles. The van der Waals surface area contributed by atoms with E-state index in [4.69, 9.17) is 9.90 Å². The van der Waals surface area contributed by atoms with Crippen LogP contribution >= 0.6 is 11.3 Å². The Balaban J connectivity index is 0.000000595.